The molecule has 0 saturated heterocycles. The second-order valence-electron chi connectivity index (χ2n) is 5.46. The molecule has 1 atom stereocenters. The van der Waals surface area contributed by atoms with Gasteiger partial charge in [0.15, 0.2) is 0 Å². The molecule has 0 aliphatic heterocycles. The number of nitrogens with one attached hydrogen (secondary N) is 1. The van der Waals surface area contributed by atoms with E-state index in [0.717, 1.165) is 39.9 Å². The van der Waals surface area contributed by atoms with Crippen molar-refractivity contribution in [2.24, 2.45) is 0 Å². The van der Waals surface area contributed by atoms with E-state index in [2.05, 4.69) is 17.4 Å². The van der Waals surface area contributed by atoms with Crippen LogP contribution in [0.4, 0.5) is 5.69 Å². The van der Waals surface area contributed by atoms with Gasteiger partial charge in [-0.1, -0.05) is 29.3 Å². The molecule has 2 aromatic rings. The molecule has 1 aliphatic rings. The third kappa shape index (κ3) is 2.97. The Hall–Kier alpha value is -1.38. The Morgan fingerprint density at radius 3 is 2.62 bits per heavy atom. The lowest BCUT2D eigenvalue weighted by atomic mass is 10.1. The second-order valence-corrected chi connectivity index (χ2v) is 6.31. The van der Waals surface area contributed by atoms with E-state index in [0.29, 0.717) is 6.04 Å². The topological polar surface area (TPSA) is 21.3 Å². The van der Waals surface area contributed by atoms with Crippen LogP contribution in [-0.2, 0) is 12.8 Å². The average molecular weight is 322 g/mol. The molecule has 0 aromatic heterocycles. The van der Waals surface area contributed by atoms with Gasteiger partial charge in [0.1, 0.15) is 5.75 Å². The van der Waals surface area contributed by atoms with E-state index in [1.54, 1.807) is 7.11 Å². The Morgan fingerprint density at radius 2 is 1.86 bits per heavy atom. The van der Waals surface area contributed by atoms with Crippen molar-refractivity contribution in [3.63, 3.8) is 0 Å². The van der Waals surface area contributed by atoms with Crippen LogP contribution < -0.4 is 10.1 Å². The van der Waals surface area contributed by atoms with Gasteiger partial charge in [0.2, 0.25) is 0 Å². The van der Waals surface area contributed by atoms with Gasteiger partial charge in [0.05, 0.1) is 12.8 Å². The number of anilines is 1. The molecule has 0 bridgehead atoms. The van der Waals surface area contributed by atoms with Gasteiger partial charge in [0, 0.05) is 22.2 Å². The van der Waals surface area contributed by atoms with Gasteiger partial charge in [-0.15, -0.1) is 0 Å². The van der Waals surface area contributed by atoms with Crippen LogP contribution in [0.5, 0.6) is 5.75 Å². The maximum atomic E-state index is 6.15. The van der Waals surface area contributed by atoms with Gasteiger partial charge in [-0.3, -0.25) is 0 Å². The SMILES string of the molecule is COc1cc(Cl)c(C)cc1NC1Cc2ccc(Cl)cc2C1. The van der Waals surface area contributed by atoms with Crippen molar-refractivity contribution in [2.45, 2.75) is 25.8 Å². The first kappa shape index (κ1) is 14.6. The first-order chi connectivity index (χ1) is 10.1. The molecule has 1 N–H and O–H groups in total. The normalized spacial score (nSPS) is 16.7. The summed E-state index contributed by atoms with van der Waals surface area (Å²) in [6.45, 7) is 2.00. The third-order valence-corrected chi connectivity index (χ3v) is 4.58. The molecule has 0 spiro atoms. The van der Waals surface area contributed by atoms with Crippen molar-refractivity contribution < 1.29 is 4.74 Å². The van der Waals surface area contributed by atoms with Crippen LogP contribution in [0.15, 0.2) is 30.3 Å². The lowest BCUT2D eigenvalue weighted by Crippen LogP contribution is -2.20. The molecule has 0 fully saturated rings. The number of rotatable bonds is 3. The van der Waals surface area contributed by atoms with Crippen LogP contribution in [0.1, 0.15) is 16.7 Å². The quantitative estimate of drug-likeness (QED) is 0.869. The molecule has 4 heteroatoms. The molecule has 1 aliphatic carbocycles. The predicted octanol–water partition coefficient (Wildman–Crippen LogP) is 4.89. The monoisotopic (exact) mass is 321 g/mol. The molecule has 2 aromatic carbocycles. The number of aryl methyl sites for hydroxylation is 1. The standard InChI is InChI=1S/C17H17Cl2NO/c1-10-5-16(17(21-2)9-15(10)19)20-14-7-11-3-4-13(18)6-12(11)8-14/h3-6,9,14,20H,7-8H2,1-2H3. The van der Waals surface area contributed by atoms with Crippen molar-refractivity contribution in [1.29, 1.82) is 0 Å². The molecule has 110 valence electrons. The van der Waals surface area contributed by atoms with Gasteiger partial charge in [-0.05, 0) is 54.7 Å². The highest BCUT2D eigenvalue weighted by Crippen LogP contribution is 2.34. The third-order valence-electron chi connectivity index (χ3n) is 3.94. The van der Waals surface area contributed by atoms with Crippen molar-refractivity contribution in [1.82, 2.24) is 0 Å². The van der Waals surface area contributed by atoms with Crippen LogP contribution in [0.25, 0.3) is 0 Å². The van der Waals surface area contributed by atoms with Crippen LogP contribution in [0.2, 0.25) is 10.0 Å². The zero-order valence-corrected chi connectivity index (χ0v) is 13.6. The van der Waals surface area contributed by atoms with Gasteiger partial charge >= 0.3 is 0 Å². The molecule has 0 saturated carbocycles. The summed E-state index contributed by atoms with van der Waals surface area (Å²) in [5, 5.41) is 5.09. The minimum atomic E-state index is 0.355. The van der Waals surface area contributed by atoms with Gasteiger partial charge < -0.3 is 10.1 Å². The number of ether oxygens (including phenoxy) is 1. The first-order valence-electron chi connectivity index (χ1n) is 6.95. The Bertz CT molecular complexity index is 685. The number of methoxy groups -OCH3 is 1. The molecule has 0 amide bonds. The van der Waals surface area contributed by atoms with Gasteiger partial charge in [0.25, 0.3) is 0 Å². The van der Waals surface area contributed by atoms with Crippen molar-refractivity contribution in [2.75, 3.05) is 12.4 Å². The zero-order valence-electron chi connectivity index (χ0n) is 12.0. The summed E-state index contributed by atoms with van der Waals surface area (Å²) >= 11 is 12.2. The van der Waals surface area contributed by atoms with E-state index >= 15 is 0 Å². The van der Waals surface area contributed by atoms with Gasteiger partial charge in [-0.25, -0.2) is 0 Å². The number of fused-ring (bicyclic) bond motifs is 1. The first-order valence-corrected chi connectivity index (χ1v) is 7.70. The highest BCUT2D eigenvalue weighted by molar-refractivity contribution is 6.31. The highest BCUT2D eigenvalue weighted by Gasteiger charge is 2.22. The molecular weight excluding hydrogens is 305 g/mol. The Morgan fingerprint density at radius 1 is 1.10 bits per heavy atom. The molecular formula is C17H17Cl2NO. The zero-order chi connectivity index (χ0) is 15.0. The molecule has 3 rings (SSSR count). The number of halogens is 2. The highest BCUT2D eigenvalue weighted by atomic mass is 35.5. The fourth-order valence-electron chi connectivity index (χ4n) is 2.85. The summed E-state index contributed by atoms with van der Waals surface area (Å²) in [6, 6.07) is 10.4. The second kappa shape index (κ2) is 5.78. The molecule has 0 radical (unpaired) electrons. The largest absolute Gasteiger partial charge is 0.495 e. The van der Waals surface area contributed by atoms with E-state index < -0.39 is 0 Å². The van der Waals surface area contributed by atoms with E-state index in [4.69, 9.17) is 27.9 Å². The summed E-state index contributed by atoms with van der Waals surface area (Å²) in [7, 11) is 1.66. The van der Waals surface area contributed by atoms with Crippen molar-refractivity contribution >= 4 is 28.9 Å². The molecule has 0 heterocycles. The van der Waals surface area contributed by atoms with E-state index in [9.17, 15) is 0 Å². The minimum Gasteiger partial charge on any atom is -0.495 e. The average Bonchev–Trinajstić information content (AvgIpc) is 2.84. The van der Waals surface area contributed by atoms with Gasteiger partial charge in [-0.2, -0.15) is 0 Å². The summed E-state index contributed by atoms with van der Waals surface area (Å²) in [5.41, 5.74) is 4.72. The van der Waals surface area contributed by atoms with Crippen LogP contribution in [0, 0.1) is 6.92 Å². The minimum absolute atomic E-state index is 0.355. The summed E-state index contributed by atoms with van der Waals surface area (Å²) in [5.74, 6) is 0.777. The number of hydrogen-bond donors (Lipinski definition) is 1. The summed E-state index contributed by atoms with van der Waals surface area (Å²) in [4.78, 5) is 0. The molecule has 21 heavy (non-hydrogen) atoms. The smallest absolute Gasteiger partial charge is 0.143 e. The van der Waals surface area contributed by atoms with Crippen LogP contribution >= 0.6 is 23.2 Å². The predicted molar refractivity (Wildman–Crippen MR) is 89.0 cm³/mol. The van der Waals surface area contributed by atoms with E-state index in [1.807, 2.05) is 25.1 Å². The molecule has 1 unspecified atom stereocenters. The lowest BCUT2D eigenvalue weighted by Gasteiger charge is -2.17. The maximum absolute atomic E-state index is 6.15. The van der Waals surface area contributed by atoms with Crippen molar-refractivity contribution in [3.8, 4) is 5.75 Å². The summed E-state index contributed by atoms with van der Waals surface area (Å²) in [6.07, 6.45) is 1.97. The Labute approximate surface area is 135 Å². The maximum Gasteiger partial charge on any atom is 0.143 e. The lowest BCUT2D eigenvalue weighted by molar-refractivity contribution is 0.416. The fraction of sp³-hybridized carbons (Fsp3) is 0.294. The molecule has 2 nitrogen and oxygen atoms in total. The summed E-state index contributed by atoms with van der Waals surface area (Å²) < 4.78 is 5.42. The van der Waals surface area contributed by atoms with E-state index in [1.165, 1.54) is 11.1 Å². The van der Waals surface area contributed by atoms with E-state index in [-0.39, 0.29) is 0 Å². The van der Waals surface area contributed by atoms with Crippen LogP contribution in [-0.4, -0.2) is 13.2 Å². The van der Waals surface area contributed by atoms with Crippen molar-refractivity contribution in [3.05, 3.63) is 57.1 Å². The number of benzene rings is 2. The number of hydrogen-bond acceptors (Lipinski definition) is 2. The fourth-order valence-corrected chi connectivity index (χ4v) is 3.20. The Balaban J connectivity index is 1.81. The van der Waals surface area contributed by atoms with Crippen LogP contribution in [0.3, 0.4) is 0 Å². The Kier molecular flexibility index (Phi) is 4.01.